The molecular formula is C14H15FN2O. The first-order chi connectivity index (χ1) is 8.78. The lowest BCUT2D eigenvalue weighted by Crippen LogP contribution is -2.06. The topological polar surface area (TPSA) is 45.1 Å². The van der Waals surface area contributed by atoms with Gasteiger partial charge in [-0.1, -0.05) is 30.3 Å². The molecule has 0 spiro atoms. The highest BCUT2D eigenvalue weighted by atomic mass is 19.1. The highest BCUT2D eigenvalue weighted by molar-refractivity contribution is 5.34. The molecule has 94 valence electrons. The van der Waals surface area contributed by atoms with Crippen molar-refractivity contribution >= 4 is 5.82 Å². The van der Waals surface area contributed by atoms with Gasteiger partial charge in [0.05, 0.1) is 6.61 Å². The summed E-state index contributed by atoms with van der Waals surface area (Å²) in [6.45, 7) is 0.751. The van der Waals surface area contributed by atoms with Crippen molar-refractivity contribution in [3.8, 4) is 0 Å². The molecule has 0 aliphatic rings. The minimum Gasteiger partial charge on any atom is -0.392 e. The summed E-state index contributed by atoms with van der Waals surface area (Å²) in [5.41, 5.74) is 2.06. The van der Waals surface area contributed by atoms with Gasteiger partial charge in [0.15, 0.2) is 0 Å². The molecule has 1 aromatic heterocycles. The van der Waals surface area contributed by atoms with E-state index < -0.39 is 5.95 Å². The SMILES string of the molecule is OCc1ccc(CCNc2cccc(F)n2)cc1. The van der Waals surface area contributed by atoms with Gasteiger partial charge in [-0.25, -0.2) is 4.98 Å². The number of hydrogen-bond acceptors (Lipinski definition) is 3. The van der Waals surface area contributed by atoms with Gasteiger partial charge in [-0.15, -0.1) is 0 Å². The second-order valence-corrected chi connectivity index (χ2v) is 4.00. The average molecular weight is 246 g/mol. The second kappa shape index (κ2) is 6.12. The number of nitrogens with one attached hydrogen (secondary N) is 1. The van der Waals surface area contributed by atoms with Crippen LogP contribution in [0.2, 0.25) is 0 Å². The van der Waals surface area contributed by atoms with Crippen LogP contribution in [0.15, 0.2) is 42.5 Å². The van der Waals surface area contributed by atoms with Crippen LogP contribution < -0.4 is 5.32 Å². The first-order valence-electron chi connectivity index (χ1n) is 5.83. The van der Waals surface area contributed by atoms with E-state index in [0.717, 1.165) is 17.5 Å². The van der Waals surface area contributed by atoms with Crippen LogP contribution in [0.1, 0.15) is 11.1 Å². The number of halogens is 1. The Morgan fingerprint density at radius 1 is 1.06 bits per heavy atom. The van der Waals surface area contributed by atoms with Crippen LogP contribution in [0, 0.1) is 5.95 Å². The molecule has 0 saturated carbocycles. The van der Waals surface area contributed by atoms with E-state index in [2.05, 4.69) is 10.3 Å². The summed E-state index contributed by atoms with van der Waals surface area (Å²) >= 11 is 0. The molecule has 2 aromatic rings. The summed E-state index contributed by atoms with van der Waals surface area (Å²) in [7, 11) is 0. The molecule has 0 amide bonds. The number of hydrogen-bond donors (Lipinski definition) is 2. The third kappa shape index (κ3) is 3.53. The fourth-order valence-corrected chi connectivity index (χ4v) is 1.65. The molecule has 0 fully saturated rings. The van der Waals surface area contributed by atoms with E-state index in [1.807, 2.05) is 24.3 Å². The molecule has 1 aromatic carbocycles. The van der Waals surface area contributed by atoms with Crippen LogP contribution in [-0.4, -0.2) is 16.6 Å². The van der Waals surface area contributed by atoms with Crippen molar-refractivity contribution in [3.05, 3.63) is 59.5 Å². The Balaban J connectivity index is 1.84. The standard InChI is InChI=1S/C14H15FN2O/c15-13-2-1-3-14(17-13)16-9-8-11-4-6-12(10-18)7-5-11/h1-7,18H,8-10H2,(H,16,17). The van der Waals surface area contributed by atoms with Gasteiger partial charge < -0.3 is 10.4 Å². The Morgan fingerprint density at radius 3 is 2.44 bits per heavy atom. The summed E-state index contributed by atoms with van der Waals surface area (Å²) < 4.78 is 12.8. The molecule has 0 radical (unpaired) electrons. The van der Waals surface area contributed by atoms with Crippen molar-refractivity contribution in [2.75, 3.05) is 11.9 Å². The number of benzene rings is 1. The van der Waals surface area contributed by atoms with Crippen molar-refractivity contribution in [1.82, 2.24) is 4.98 Å². The van der Waals surface area contributed by atoms with Gasteiger partial charge >= 0.3 is 0 Å². The van der Waals surface area contributed by atoms with E-state index in [9.17, 15) is 4.39 Å². The molecule has 2 rings (SSSR count). The summed E-state index contributed by atoms with van der Waals surface area (Å²) in [6, 6.07) is 12.4. The third-order valence-corrected chi connectivity index (χ3v) is 2.64. The predicted octanol–water partition coefficient (Wildman–Crippen LogP) is 2.37. The highest BCUT2D eigenvalue weighted by Gasteiger charge is 1.97. The summed E-state index contributed by atoms with van der Waals surface area (Å²) in [5, 5.41) is 12.0. The third-order valence-electron chi connectivity index (χ3n) is 2.64. The molecule has 3 nitrogen and oxygen atoms in total. The number of aliphatic hydroxyl groups excluding tert-OH is 1. The van der Waals surface area contributed by atoms with Crippen LogP contribution in [0.3, 0.4) is 0 Å². The fraction of sp³-hybridized carbons (Fsp3) is 0.214. The first-order valence-corrected chi connectivity index (χ1v) is 5.83. The molecule has 1 heterocycles. The monoisotopic (exact) mass is 246 g/mol. The average Bonchev–Trinajstić information content (AvgIpc) is 2.40. The molecule has 18 heavy (non-hydrogen) atoms. The van der Waals surface area contributed by atoms with E-state index >= 15 is 0 Å². The van der Waals surface area contributed by atoms with Gasteiger partial charge in [-0.3, -0.25) is 0 Å². The van der Waals surface area contributed by atoms with Crippen molar-refractivity contribution in [2.24, 2.45) is 0 Å². The van der Waals surface area contributed by atoms with Crippen molar-refractivity contribution in [1.29, 1.82) is 0 Å². The quantitative estimate of drug-likeness (QED) is 0.796. The number of pyridine rings is 1. The van der Waals surface area contributed by atoms with Crippen LogP contribution in [0.4, 0.5) is 10.2 Å². The van der Waals surface area contributed by atoms with Crippen LogP contribution >= 0.6 is 0 Å². The van der Waals surface area contributed by atoms with Crippen molar-refractivity contribution < 1.29 is 9.50 Å². The smallest absolute Gasteiger partial charge is 0.214 e. The molecule has 2 N–H and O–H groups in total. The van der Waals surface area contributed by atoms with Crippen LogP contribution in [0.25, 0.3) is 0 Å². The van der Waals surface area contributed by atoms with E-state index in [1.165, 1.54) is 6.07 Å². The van der Waals surface area contributed by atoms with Gasteiger partial charge in [0.1, 0.15) is 5.82 Å². The Morgan fingerprint density at radius 2 is 1.78 bits per heavy atom. The summed E-state index contributed by atoms with van der Waals surface area (Å²) in [6.07, 6.45) is 0.823. The zero-order chi connectivity index (χ0) is 12.8. The zero-order valence-electron chi connectivity index (χ0n) is 9.94. The Bertz CT molecular complexity index is 499. The molecule has 0 unspecified atom stereocenters. The second-order valence-electron chi connectivity index (χ2n) is 4.00. The van der Waals surface area contributed by atoms with Gasteiger partial charge in [0.2, 0.25) is 5.95 Å². The number of aromatic nitrogens is 1. The first kappa shape index (κ1) is 12.5. The van der Waals surface area contributed by atoms with Crippen molar-refractivity contribution in [2.45, 2.75) is 13.0 Å². The van der Waals surface area contributed by atoms with Gasteiger partial charge in [0, 0.05) is 6.54 Å². The van der Waals surface area contributed by atoms with E-state index in [1.54, 1.807) is 12.1 Å². The molecule has 0 aliphatic heterocycles. The fourth-order valence-electron chi connectivity index (χ4n) is 1.65. The number of rotatable bonds is 5. The molecule has 4 heteroatoms. The Labute approximate surface area is 105 Å². The zero-order valence-corrected chi connectivity index (χ0v) is 9.94. The van der Waals surface area contributed by atoms with Gasteiger partial charge in [-0.2, -0.15) is 4.39 Å². The van der Waals surface area contributed by atoms with Gasteiger partial charge in [0.25, 0.3) is 0 Å². The Kier molecular flexibility index (Phi) is 4.25. The highest BCUT2D eigenvalue weighted by Crippen LogP contribution is 2.07. The van der Waals surface area contributed by atoms with Crippen molar-refractivity contribution in [3.63, 3.8) is 0 Å². The summed E-state index contributed by atoms with van der Waals surface area (Å²) in [5.74, 6) is 0.0641. The summed E-state index contributed by atoms with van der Waals surface area (Å²) in [4.78, 5) is 3.72. The molecule has 0 bridgehead atoms. The van der Waals surface area contributed by atoms with E-state index in [4.69, 9.17) is 5.11 Å². The van der Waals surface area contributed by atoms with Crippen LogP contribution in [-0.2, 0) is 13.0 Å². The van der Waals surface area contributed by atoms with E-state index in [0.29, 0.717) is 12.4 Å². The van der Waals surface area contributed by atoms with Gasteiger partial charge in [-0.05, 0) is 29.7 Å². The Hall–Kier alpha value is -1.94. The lowest BCUT2D eigenvalue weighted by atomic mass is 10.1. The number of nitrogens with zero attached hydrogens (tertiary/aromatic N) is 1. The number of aliphatic hydroxyl groups is 1. The molecular weight excluding hydrogens is 231 g/mol. The maximum atomic E-state index is 12.8. The molecule has 0 aliphatic carbocycles. The molecule has 0 atom stereocenters. The maximum Gasteiger partial charge on any atom is 0.214 e. The minimum absolute atomic E-state index is 0.0613. The van der Waals surface area contributed by atoms with E-state index in [-0.39, 0.29) is 6.61 Å². The normalized spacial score (nSPS) is 10.3. The lowest BCUT2D eigenvalue weighted by molar-refractivity contribution is 0.282. The minimum atomic E-state index is -0.479. The lowest BCUT2D eigenvalue weighted by Gasteiger charge is -2.06. The number of anilines is 1. The predicted molar refractivity (Wildman–Crippen MR) is 68.8 cm³/mol. The van der Waals surface area contributed by atoms with Crippen LogP contribution in [0.5, 0.6) is 0 Å². The molecule has 0 saturated heterocycles. The maximum absolute atomic E-state index is 12.8. The largest absolute Gasteiger partial charge is 0.392 e.